The molecule has 0 radical (unpaired) electrons. The normalized spacial score (nSPS) is 20.5. The van der Waals surface area contributed by atoms with Gasteiger partial charge in [0.05, 0.1) is 6.61 Å². The van der Waals surface area contributed by atoms with E-state index >= 15 is 0 Å². The van der Waals surface area contributed by atoms with Crippen LogP contribution in [0.1, 0.15) is 40.0 Å². The van der Waals surface area contributed by atoms with Crippen LogP contribution in [0.25, 0.3) is 0 Å². The Kier molecular flexibility index (Phi) is 7.87. The average molecular weight is 256 g/mol. The van der Waals surface area contributed by atoms with Crippen LogP contribution in [0, 0.1) is 11.8 Å². The number of hydrogen-bond acceptors (Lipinski definition) is 3. The van der Waals surface area contributed by atoms with E-state index in [1.165, 1.54) is 32.4 Å². The maximum absolute atomic E-state index is 5.63. The average Bonchev–Trinajstić information content (AvgIpc) is 2.34. The number of nitrogens with zero attached hydrogens (tertiary/aromatic N) is 1. The largest absolute Gasteiger partial charge is 0.380 e. The van der Waals surface area contributed by atoms with Gasteiger partial charge in [-0.25, -0.2) is 0 Å². The van der Waals surface area contributed by atoms with Crippen LogP contribution in [-0.2, 0) is 4.74 Å². The summed E-state index contributed by atoms with van der Waals surface area (Å²) in [5.74, 6) is 1.59. The van der Waals surface area contributed by atoms with Crippen molar-refractivity contribution in [3.05, 3.63) is 0 Å². The molecular formula is C15H32N2O. The molecule has 1 heterocycles. The number of hydrogen-bond donors (Lipinski definition) is 1. The van der Waals surface area contributed by atoms with Crippen molar-refractivity contribution >= 4 is 0 Å². The van der Waals surface area contributed by atoms with Gasteiger partial charge in [0.25, 0.3) is 0 Å². The maximum Gasteiger partial charge on any atom is 0.0591 e. The van der Waals surface area contributed by atoms with Crippen molar-refractivity contribution in [3.63, 3.8) is 0 Å². The molecule has 3 nitrogen and oxygen atoms in total. The van der Waals surface area contributed by atoms with Crippen molar-refractivity contribution in [2.45, 2.75) is 46.1 Å². The van der Waals surface area contributed by atoms with Crippen LogP contribution in [0.4, 0.5) is 0 Å². The molecule has 1 atom stereocenters. The Morgan fingerprint density at radius 3 is 2.44 bits per heavy atom. The molecule has 1 unspecified atom stereocenters. The van der Waals surface area contributed by atoms with Crippen molar-refractivity contribution in [1.29, 1.82) is 0 Å². The van der Waals surface area contributed by atoms with E-state index in [0.717, 1.165) is 31.6 Å². The summed E-state index contributed by atoms with van der Waals surface area (Å²) >= 11 is 0. The summed E-state index contributed by atoms with van der Waals surface area (Å²) in [6.45, 7) is 12.1. The highest BCUT2D eigenvalue weighted by atomic mass is 16.5. The van der Waals surface area contributed by atoms with Gasteiger partial charge in [0, 0.05) is 19.2 Å². The van der Waals surface area contributed by atoms with Gasteiger partial charge in [-0.15, -0.1) is 0 Å². The third-order valence-electron chi connectivity index (χ3n) is 4.02. The molecule has 1 saturated heterocycles. The van der Waals surface area contributed by atoms with Gasteiger partial charge < -0.3 is 15.0 Å². The van der Waals surface area contributed by atoms with E-state index in [9.17, 15) is 0 Å². The highest BCUT2D eigenvalue weighted by Gasteiger charge is 2.21. The molecule has 1 fully saturated rings. The molecule has 18 heavy (non-hydrogen) atoms. The van der Waals surface area contributed by atoms with E-state index in [2.05, 4.69) is 38.0 Å². The lowest BCUT2D eigenvalue weighted by Gasteiger charge is -2.33. The molecule has 108 valence electrons. The molecule has 1 N–H and O–H groups in total. The lowest BCUT2D eigenvalue weighted by molar-refractivity contribution is 0.118. The molecule has 0 aliphatic carbocycles. The van der Waals surface area contributed by atoms with Gasteiger partial charge in [-0.2, -0.15) is 0 Å². The highest BCUT2D eigenvalue weighted by Crippen LogP contribution is 2.19. The SMILES string of the molecule is CC(C)CCOCCNC(C)C1CCN(C)CC1. The minimum absolute atomic E-state index is 0.632. The summed E-state index contributed by atoms with van der Waals surface area (Å²) in [5.41, 5.74) is 0. The Morgan fingerprint density at radius 1 is 1.17 bits per heavy atom. The van der Waals surface area contributed by atoms with Gasteiger partial charge >= 0.3 is 0 Å². The Hall–Kier alpha value is -0.120. The second-order valence-electron chi connectivity index (χ2n) is 6.18. The summed E-state index contributed by atoms with van der Waals surface area (Å²) in [4.78, 5) is 2.43. The minimum Gasteiger partial charge on any atom is -0.380 e. The Balaban J connectivity index is 1.98. The van der Waals surface area contributed by atoms with Crippen LogP contribution in [0.3, 0.4) is 0 Å². The predicted octanol–water partition coefficient (Wildman–Crippen LogP) is 2.37. The molecule has 0 spiro atoms. The third-order valence-corrected chi connectivity index (χ3v) is 4.02. The number of likely N-dealkylation sites (tertiary alicyclic amines) is 1. The van der Waals surface area contributed by atoms with Crippen LogP contribution < -0.4 is 5.32 Å². The molecule has 3 heteroatoms. The van der Waals surface area contributed by atoms with Crippen molar-refractivity contribution in [1.82, 2.24) is 10.2 Å². The van der Waals surface area contributed by atoms with Gasteiger partial charge in [0.15, 0.2) is 0 Å². The summed E-state index contributed by atoms with van der Waals surface area (Å²) in [6.07, 6.45) is 3.84. The van der Waals surface area contributed by atoms with Gasteiger partial charge in [0.1, 0.15) is 0 Å². The van der Waals surface area contributed by atoms with Gasteiger partial charge in [-0.05, 0) is 58.2 Å². The quantitative estimate of drug-likeness (QED) is 0.675. The van der Waals surface area contributed by atoms with E-state index in [1.807, 2.05) is 0 Å². The monoisotopic (exact) mass is 256 g/mol. The summed E-state index contributed by atoms with van der Waals surface area (Å²) in [7, 11) is 2.22. The van der Waals surface area contributed by atoms with E-state index < -0.39 is 0 Å². The third kappa shape index (κ3) is 6.72. The van der Waals surface area contributed by atoms with Crippen molar-refractivity contribution in [2.75, 3.05) is 39.9 Å². The van der Waals surface area contributed by atoms with E-state index in [1.54, 1.807) is 0 Å². The van der Waals surface area contributed by atoms with Crippen molar-refractivity contribution in [3.8, 4) is 0 Å². The van der Waals surface area contributed by atoms with Crippen molar-refractivity contribution in [2.24, 2.45) is 11.8 Å². The first-order valence-corrected chi connectivity index (χ1v) is 7.59. The van der Waals surface area contributed by atoms with Gasteiger partial charge in [-0.3, -0.25) is 0 Å². The Morgan fingerprint density at radius 2 is 1.83 bits per heavy atom. The van der Waals surface area contributed by atoms with Crippen LogP contribution >= 0.6 is 0 Å². The fourth-order valence-corrected chi connectivity index (χ4v) is 2.48. The van der Waals surface area contributed by atoms with Crippen LogP contribution in [-0.4, -0.2) is 50.8 Å². The molecule has 0 aromatic heterocycles. The van der Waals surface area contributed by atoms with Crippen LogP contribution in [0.15, 0.2) is 0 Å². The fraction of sp³-hybridized carbons (Fsp3) is 1.00. The lowest BCUT2D eigenvalue weighted by Crippen LogP contribution is -2.41. The maximum atomic E-state index is 5.63. The molecular weight excluding hydrogens is 224 g/mol. The summed E-state index contributed by atoms with van der Waals surface area (Å²) < 4.78 is 5.63. The lowest BCUT2D eigenvalue weighted by atomic mass is 9.90. The zero-order valence-corrected chi connectivity index (χ0v) is 12.7. The molecule has 0 aromatic carbocycles. The fourth-order valence-electron chi connectivity index (χ4n) is 2.48. The topological polar surface area (TPSA) is 24.5 Å². The number of ether oxygens (including phenoxy) is 1. The van der Waals surface area contributed by atoms with Crippen molar-refractivity contribution < 1.29 is 4.74 Å². The second-order valence-corrected chi connectivity index (χ2v) is 6.18. The molecule has 0 amide bonds. The van der Waals surface area contributed by atoms with E-state index in [4.69, 9.17) is 4.74 Å². The molecule has 1 rings (SSSR count). The smallest absolute Gasteiger partial charge is 0.0591 e. The Labute approximate surface area is 113 Å². The molecule has 1 aliphatic heterocycles. The van der Waals surface area contributed by atoms with Gasteiger partial charge in [-0.1, -0.05) is 13.8 Å². The summed E-state index contributed by atoms with van der Waals surface area (Å²) in [6, 6.07) is 0.632. The number of rotatable bonds is 8. The standard InChI is InChI=1S/C15H32N2O/c1-13(2)7-11-18-12-8-16-14(3)15-5-9-17(4)10-6-15/h13-16H,5-12H2,1-4H3. The van der Waals surface area contributed by atoms with Crippen LogP contribution in [0.2, 0.25) is 0 Å². The second kappa shape index (κ2) is 8.89. The van der Waals surface area contributed by atoms with E-state index in [-0.39, 0.29) is 0 Å². The number of piperidine rings is 1. The Bertz CT molecular complexity index is 201. The minimum atomic E-state index is 0.632. The van der Waals surface area contributed by atoms with Crippen LogP contribution in [0.5, 0.6) is 0 Å². The molecule has 0 bridgehead atoms. The summed E-state index contributed by atoms with van der Waals surface area (Å²) in [5, 5.41) is 3.61. The first-order chi connectivity index (χ1) is 8.59. The first-order valence-electron chi connectivity index (χ1n) is 7.59. The predicted molar refractivity (Wildman–Crippen MR) is 78.0 cm³/mol. The first kappa shape index (κ1) is 15.9. The van der Waals surface area contributed by atoms with E-state index in [0.29, 0.717) is 6.04 Å². The number of nitrogens with one attached hydrogen (secondary N) is 1. The molecule has 0 aromatic rings. The highest BCUT2D eigenvalue weighted by molar-refractivity contribution is 4.78. The van der Waals surface area contributed by atoms with Gasteiger partial charge in [0.2, 0.25) is 0 Å². The molecule has 0 saturated carbocycles. The zero-order chi connectivity index (χ0) is 13.4. The molecule has 1 aliphatic rings. The zero-order valence-electron chi connectivity index (χ0n) is 12.7.